The lowest BCUT2D eigenvalue weighted by Crippen LogP contribution is -2.34. The minimum Gasteiger partial charge on any atom is -0.337 e. The number of hydrogen-bond acceptors (Lipinski definition) is 5. The first kappa shape index (κ1) is 17.7. The third-order valence-corrected chi connectivity index (χ3v) is 5.30. The van der Waals surface area contributed by atoms with Crippen LogP contribution < -0.4 is 5.32 Å². The number of imidazole rings is 1. The zero-order valence-corrected chi connectivity index (χ0v) is 16.0. The molecule has 1 saturated heterocycles. The summed E-state index contributed by atoms with van der Waals surface area (Å²) in [7, 11) is 2.06. The van der Waals surface area contributed by atoms with Gasteiger partial charge in [0.1, 0.15) is 17.5 Å². The van der Waals surface area contributed by atoms with Gasteiger partial charge < -0.3 is 9.88 Å². The van der Waals surface area contributed by atoms with Crippen molar-refractivity contribution in [2.24, 2.45) is 7.05 Å². The standard InChI is InChI=1S/C21H26N6/c1-16-5-3-8-24-21(16)25-19-13-17(7-9-22-19)18-6-4-11-27(14-18)15-20-23-10-12-26(20)2/h3,5,7-10,12-13,18H,4,6,11,14-15H2,1-2H3,(H,22,24,25)/t18-/m1/s1. The van der Waals surface area contributed by atoms with E-state index in [-0.39, 0.29) is 0 Å². The summed E-state index contributed by atoms with van der Waals surface area (Å²) in [5, 5.41) is 3.36. The number of aryl methyl sites for hydroxylation is 2. The molecule has 4 rings (SSSR count). The van der Waals surface area contributed by atoms with Crippen LogP contribution in [0.2, 0.25) is 0 Å². The molecular weight excluding hydrogens is 336 g/mol. The van der Waals surface area contributed by atoms with Gasteiger partial charge in [0.05, 0.1) is 6.54 Å². The van der Waals surface area contributed by atoms with E-state index in [0.717, 1.165) is 42.7 Å². The lowest BCUT2D eigenvalue weighted by molar-refractivity contribution is 0.194. The Kier molecular flexibility index (Phi) is 5.16. The Morgan fingerprint density at radius 3 is 2.89 bits per heavy atom. The smallest absolute Gasteiger partial charge is 0.134 e. The Morgan fingerprint density at radius 1 is 1.15 bits per heavy atom. The van der Waals surface area contributed by atoms with E-state index in [4.69, 9.17) is 0 Å². The van der Waals surface area contributed by atoms with E-state index >= 15 is 0 Å². The fourth-order valence-electron chi connectivity index (χ4n) is 3.73. The van der Waals surface area contributed by atoms with Crippen LogP contribution in [0.3, 0.4) is 0 Å². The summed E-state index contributed by atoms with van der Waals surface area (Å²) < 4.78 is 2.10. The first-order valence-electron chi connectivity index (χ1n) is 9.52. The molecule has 0 radical (unpaired) electrons. The summed E-state index contributed by atoms with van der Waals surface area (Å²) in [6.07, 6.45) is 10.0. The Bertz CT molecular complexity index is 903. The summed E-state index contributed by atoms with van der Waals surface area (Å²) >= 11 is 0. The average molecular weight is 362 g/mol. The highest BCUT2D eigenvalue weighted by Crippen LogP contribution is 2.29. The van der Waals surface area contributed by atoms with Gasteiger partial charge in [0.2, 0.25) is 0 Å². The van der Waals surface area contributed by atoms with Crippen molar-refractivity contribution < 1.29 is 0 Å². The molecule has 1 aliphatic heterocycles. The van der Waals surface area contributed by atoms with Crippen LogP contribution in [0.1, 0.15) is 35.7 Å². The van der Waals surface area contributed by atoms with Gasteiger partial charge in [0.25, 0.3) is 0 Å². The fraction of sp³-hybridized carbons (Fsp3) is 0.381. The molecule has 1 fully saturated rings. The highest BCUT2D eigenvalue weighted by Gasteiger charge is 2.22. The molecule has 6 nitrogen and oxygen atoms in total. The van der Waals surface area contributed by atoms with Gasteiger partial charge >= 0.3 is 0 Å². The molecule has 1 N–H and O–H groups in total. The van der Waals surface area contributed by atoms with Crippen molar-refractivity contribution in [1.29, 1.82) is 0 Å². The Balaban J connectivity index is 1.46. The number of nitrogens with one attached hydrogen (secondary N) is 1. The Morgan fingerprint density at radius 2 is 2.07 bits per heavy atom. The molecule has 4 heterocycles. The van der Waals surface area contributed by atoms with E-state index in [1.54, 1.807) is 6.20 Å². The van der Waals surface area contributed by atoms with Crippen molar-refractivity contribution in [3.05, 3.63) is 66.0 Å². The molecule has 0 aliphatic carbocycles. The minimum absolute atomic E-state index is 0.521. The molecule has 1 atom stereocenters. The predicted molar refractivity (Wildman–Crippen MR) is 107 cm³/mol. The zero-order chi connectivity index (χ0) is 18.6. The number of aromatic nitrogens is 4. The summed E-state index contributed by atoms with van der Waals surface area (Å²) in [6, 6.07) is 8.31. The monoisotopic (exact) mass is 362 g/mol. The number of pyridine rings is 2. The summed E-state index contributed by atoms with van der Waals surface area (Å²) in [6.45, 7) is 5.14. The van der Waals surface area contributed by atoms with Crippen molar-refractivity contribution >= 4 is 11.6 Å². The predicted octanol–water partition coefficient (Wildman–Crippen LogP) is 3.64. The van der Waals surface area contributed by atoms with Crippen LogP contribution in [0, 0.1) is 6.92 Å². The van der Waals surface area contributed by atoms with Crippen LogP contribution in [-0.4, -0.2) is 37.5 Å². The number of piperidine rings is 1. The molecular formula is C21H26N6. The molecule has 0 saturated carbocycles. The van der Waals surface area contributed by atoms with E-state index in [2.05, 4.69) is 61.9 Å². The van der Waals surface area contributed by atoms with E-state index < -0.39 is 0 Å². The fourth-order valence-corrected chi connectivity index (χ4v) is 3.73. The van der Waals surface area contributed by atoms with Gasteiger partial charge in [-0.25, -0.2) is 15.0 Å². The van der Waals surface area contributed by atoms with Gasteiger partial charge in [-0.3, -0.25) is 4.90 Å². The third-order valence-electron chi connectivity index (χ3n) is 5.30. The quantitative estimate of drug-likeness (QED) is 0.751. The molecule has 6 heteroatoms. The average Bonchev–Trinajstić information content (AvgIpc) is 3.09. The number of likely N-dealkylation sites (tertiary alicyclic amines) is 1. The summed E-state index contributed by atoms with van der Waals surface area (Å²) in [5.41, 5.74) is 2.45. The molecule has 1 aliphatic rings. The number of anilines is 2. The van der Waals surface area contributed by atoms with Crippen LogP contribution >= 0.6 is 0 Å². The number of nitrogens with zero attached hydrogens (tertiary/aromatic N) is 5. The molecule has 0 spiro atoms. The van der Waals surface area contributed by atoms with E-state index in [1.165, 1.54) is 18.4 Å². The van der Waals surface area contributed by atoms with E-state index in [1.807, 2.05) is 24.7 Å². The highest BCUT2D eigenvalue weighted by atomic mass is 15.2. The lowest BCUT2D eigenvalue weighted by Gasteiger charge is -2.32. The van der Waals surface area contributed by atoms with Crippen molar-refractivity contribution in [1.82, 2.24) is 24.4 Å². The SMILES string of the molecule is Cc1cccnc1Nc1cc([C@@H]2CCCN(Cc3nccn3C)C2)ccn1. The summed E-state index contributed by atoms with van der Waals surface area (Å²) in [5.74, 6) is 3.36. The maximum atomic E-state index is 4.48. The topological polar surface area (TPSA) is 58.9 Å². The van der Waals surface area contributed by atoms with Gasteiger partial charge in [-0.1, -0.05) is 6.07 Å². The molecule has 27 heavy (non-hydrogen) atoms. The van der Waals surface area contributed by atoms with Gasteiger partial charge in [-0.2, -0.15) is 0 Å². The van der Waals surface area contributed by atoms with Crippen molar-refractivity contribution in [2.45, 2.75) is 32.2 Å². The third kappa shape index (κ3) is 4.17. The molecule has 3 aromatic rings. The lowest BCUT2D eigenvalue weighted by atomic mass is 9.91. The molecule has 0 amide bonds. The highest BCUT2D eigenvalue weighted by molar-refractivity contribution is 5.56. The first-order valence-corrected chi connectivity index (χ1v) is 9.52. The second-order valence-electron chi connectivity index (χ2n) is 7.30. The first-order chi connectivity index (χ1) is 13.2. The second kappa shape index (κ2) is 7.88. The molecule has 0 bridgehead atoms. The maximum absolute atomic E-state index is 4.48. The molecule has 0 aromatic carbocycles. The van der Waals surface area contributed by atoms with E-state index in [0.29, 0.717) is 5.92 Å². The van der Waals surface area contributed by atoms with Crippen LogP contribution in [0.15, 0.2) is 49.1 Å². The molecule has 0 unspecified atom stereocenters. The van der Waals surface area contributed by atoms with Crippen LogP contribution in [0.4, 0.5) is 11.6 Å². The van der Waals surface area contributed by atoms with Crippen LogP contribution in [0.5, 0.6) is 0 Å². The normalized spacial score (nSPS) is 17.8. The zero-order valence-electron chi connectivity index (χ0n) is 16.0. The van der Waals surface area contributed by atoms with Crippen molar-refractivity contribution in [3.8, 4) is 0 Å². The van der Waals surface area contributed by atoms with Crippen LogP contribution in [-0.2, 0) is 13.6 Å². The second-order valence-corrected chi connectivity index (χ2v) is 7.30. The summed E-state index contributed by atoms with van der Waals surface area (Å²) in [4.78, 5) is 15.9. The van der Waals surface area contributed by atoms with Crippen LogP contribution in [0.25, 0.3) is 0 Å². The number of hydrogen-bond donors (Lipinski definition) is 1. The minimum atomic E-state index is 0.521. The largest absolute Gasteiger partial charge is 0.337 e. The number of rotatable bonds is 5. The maximum Gasteiger partial charge on any atom is 0.134 e. The molecule has 3 aromatic heterocycles. The van der Waals surface area contributed by atoms with Gasteiger partial charge in [-0.15, -0.1) is 0 Å². The Hall–Kier alpha value is -2.73. The van der Waals surface area contributed by atoms with E-state index in [9.17, 15) is 0 Å². The Labute approximate surface area is 160 Å². The van der Waals surface area contributed by atoms with Crippen molar-refractivity contribution in [2.75, 3.05) is 18.4 Å². The van der Waals surface area contributed by atoms with Gasteiger partial charge in [0, 0.05) is 38.4 Å². The van der Waals surface area contributed by atoms with Crippen molar-refractivity contribution in [3.63, 3.8) is 0 Å². The van der Waals surface area contributed by atoms with Gasteiger partial charge in [-0.05, 0) is 61.6 Å². The molecule has 140 valence electrons. The van der Waals surface area contributed by atoms with Gasteiger partial charge in [0.15, 0.2) is 0 Å².